The molecule has 1 unspecified atom stereocenters. The predicted molar refractivity (Wildman–Crippen MR) is 63.6 cm³/mol. The van der Waals surface area contributed by atoms with Crippen molar-refractivity contribution >= 4 is 0 Å². The lowest BCUT2D eigenvalue weighted by Gasteiger charge is -2.19. The topological polar surface area (TPSA) is 54.2 Å². The van der Waals surface area contributed by atoms with Crippen LogP contribution >= 0.6 is 0 Å². The Balaban J connectivity index is 1.50. The van der Waals surface area contributed by atoms with Crippen LogP contribution in [0.2, 0.25) is 0 Å². The average Bonchev–Trinajstić information content (AvgIpc) is 2.84. The zero-order chi connectivity index (χ0) is 11.7. The summed E-state index contributed by atoms with van der Waals surface area (Å²) >= 11 is 0. The van der Waals surface area contributed by atoms with Crippen LogP contribution in [-0.4, -0.2) is 41.2 Å². The van der Waals surface area contributed by atoms with Gasteiger partial charge in [-0.2, -0.15) is 4.98 Å². The first-order valence-corrected chi connectivity index (χ1v) is 6.55. The van der Waals surface area contributed by atoms with Gasteiger partial charge in [-0.25, -0.2) is 0 Å². The molecule has 5 heteroatoms. The van der Waals surface area contributed by atoms with Crippen LogP contribution in [-0.2, 0) is 6.54 Å². The molecule has 0 aromatic carbocycles. The summed E-state index contributed by atoms with van der Waals surface area (Å²) in [4.78, 5) is 6.72. The quantitative estimate of drug-likeness (QED) is 0.830. The standard InChI is InChI=1S/C12H20N4O/c1-16(7-10-3-2-6-13-10)8-11-14-12(17-15-11)9-4-5-9/h9-10,13H,2-8H2,1H3. The van der Waals surface area contributed by atoms with Crippen molar-refractivity contribution in [1.29, 1.82) is 0 Å². The van der Waals surface area contributed by atoms with Crippen LogP contribution in [0.4, 0.5) is 0 Å². The second kappa shape index (κ2) is 4.74. The number of nitrogens with zero attached hydrogens (tertiary/aromatic N) is 3. The predicted octanol–water partition coefficient (Wildman–Crippen LogP) is 1.13. The number of likely N-dealkylation sites (N-methyl/N-ethyl adjacent to an activating group) is 1. The number of hydrogen-bond donors (Lipinski definition) is 1. The molecule has 2 aliphatic rings. The van der Waals surface area contributed by atoms with Crippen LogP contribution in [0.15, 0.2) is 4.52 Å². The Hall–Kier alpha value is -0.940. The summed E-state index contributed by atoms with van der Waals surface area (Å²) in [6, 6.07) is 0.634. The molecule has 1 aromatic heterocycles. The van der Waals surface area contributed by atoms with Gasteiger partial charge >= 0.3 is 0 Å². The highest BCUT2D eigenvalue weighted by atomic mass is 16.5. The van der Waals surface area contributed by atoms with Gasteiger partial charge in [0.15, 0.2) is 5.82 Å². The van der Waals surface area contributed by atoms with Gasteiger partial charge in [0.2, 0.25) is 5.89 Å². The highest BCUT2D eigenvalue weighted by molar-refractivity contribution is 5.01. The summed E-state index contributed by atoms with van der Waals surface area (Å²) in [5.41, 5.74) is 0. The monoisotopic (exact) mass is 236 g/mol. The molecule has 0 radical (unpaired) electrons. The Kier molecular flexibility index (Phi) is 3.11. The van der Waals surface area contributed by atoms with Gasteiger partial charge < -0.3 is 9.84 Å². The van der Waals surface area contributed by atoms with Gasteiger partial charge in [-0.15, -0.1) is 0 Å². The lowest BCUT2D eigenvalue weighted by molar-refractivity contribution is 0.280. The fourth-order valence-electron chi connectivity index (χ4n) is 2.42. The minimum Gasteiger partial charge on any atom is -0.339 e. The maximum atomic E-state index is 5.26. The average molecular weight is 236 g/mol. The van der Waals surface area contributed by atoms with Crippen LogP contribution in [0, 0.1) is 0 Å². The van der Waals surface area contributed by atoms with Crippen LogP contribution in [0.25, 0.3) is 0 Å². The zero-order valence-corrected chi connectivity index (χ0v) is 10.4. The molecular formula is C12H20N4O. The summed E-state index contributed by atoms with van der Waals surface area (Å²) in [6.07, 6.45) is 5.00. The lowest BCUT2D eigenvalue weighted by atomic mass is 10.2. The molecular weight excluding hydrogens is 216 g/mol. The fourth-order valence-corrected chi connectivity index (χ4v) is 2.42. The Morgan fingerprint density at radius 1 is 1.41 bits per heavy atom. The lowest BCUT2D eigenvalue weighted by Crippen LogP contribution is -2.35. The van der Waals surface area contributed by atoms with E-state index in [0.717, 1.165) is 31.3 Å². The smallest absolute Gasteiger partial charge is 0.229 e. The van der Waals surface area contributed by atoms with Crippen molar-refractivity contribution in [1.82, 2.24) is 20.4 Å². The van der Waals surface area contributed by atoms with E-state index in [1.54, 1.807) is 0 Å². The zero-order valence-electron chi connectivity index (χ0n) is 10.4. The van der Waals surface area contributed by atoms with Crippen molar-refractivity contribution in [2.75, 3.05) is 20.1 Å². The molecule has 1 saturated heterocycles. The van der Waals surface area contributed by atoms with Gasteiger partial charge in [0, 0.05) is 18.5 Å². The van der Waals surface area contributed by atoms with Crippen LogP contribution < -0.4 is 5.32 Å². The molecule has 2 fully saturated rings. The van der Waals surface area contributed by atoms with E-state index < -0.39 is 0 Å². The van der Waals surface area contributed by atoms with E-state index in [2.05, 4.69) is 27.4 Å². The normalized spacial score (nSPS) is 24.7. The highest BCUT2D eigenvalue weighted by Gasteiger charge is 2.29. The molecule has 1 aliphatic heterocycles. The Morgan fingerprint density at radius 3 is 3.00 bits per heavy atom. The molecule has 1 aliphatic carbocycles. The summed E-state index contributed by atoms with van der Waals surface area (Å²) < 4.78 is 5.26. The van der Waals surface area contributed by atoms with E-state index >= 15 is 0 Å². The Bertz CT molecular complexity index is 368. The van der Waals surface area contributed by atoms with Crippen LogP contribution in [0.3, 0.4) is 0 Å². The van der Waals surface area contributed by atoms with Crippen molar-refractivity contribution in [2.45, 2.75) is 44.2 Å². The second-order valence-electron chi connectivity index (χ2n) is 5.31. The van der Waals surface area contributed by atoms with E-state index in [1.807, 2.05) is 0 Å². The van der Waals surface area contributed by atoms with Gasteiger partial charge in [-0.05, 0) is 39.3 Å². The van der Waals surface area contributed by atoms with E-state index in [4.69, 9.17) is 4.52 Å². The largest absolute Gasteiger partial charge is 0.339 e. The highest BCUT2D eigenvalue weighted by Crippen LogP contribution is 2.38. The molecule has 0 bridgehead atoms. The first-order chi connectivity index (χ1) is 8.31. The van der Waals surface area contributed by atoms with Gasteiger partial charge in [0.25, 0.3) is 0 Å². The van der Waals surface area contributed by atoms with Crippen molar-refractivity contribution in [3.8, 4) is 0 Å². The van der Waals surface area contributed by atoms with Crippen LogP contribution in [0.1, 0.15) is 43.3 Å². The molecule has 1 aromatic rings. The minimum absolute atomic E-state index is 0.554. The third-order valence-electron chi connectivity index (χ3n) is 3.52. The molecule has 94 valence electrons. The first-order valence-electron chi connectivity index (χ1n) is 6.55. The summed E-state index contributed by atoms with van der Waals surface area (Å²) in [5.74, 6) is 2.22. The van der Waals surface area contributed by atoms with Crippen molar-refractivity contribution in [2.24, 2.45) is 0 Å². The molecule has 0 amide bonds. The first kappa shape index (κ1) is 11.2. The molecule has 0 spiro atoms. The van der Waals surface area contributed by atoms with E-state index in [0.29, 0.717) is 12.0 Å². The molecule has 17 heavy (non-hydrogen) atoms. The van der Waals surface area contributed by atoms with Gasteiger partial charge in [0.1, 0.15) is 0 Å². The SMILES string of the molecule is CN(Cc1noc(C2CC2)n1)CC1CCCN1. The van der Waals surface area contributed by atoms with Crippen molar-refractivity contribution < 1.29 is 4.52 Å². The molecule has 1 saturated carbocycles. The van der Waals surface area contributed by atoms with E-state index in [9.17, 15) is 0 Å². The van der Waals surface area contributed by atoms with Crippen molar-refractivity contribution in [3.63, 3.8) is 0 Å². The van der Waals surface area contributed by atoms with Crippen molar-refractivity contribution in [3.05, 3.63) is 11.7 Å². The molecule has 1 N–H and O–H groups in total. The van der Waals surface area contributed by atoms with E-state index in [1.165, 1.54) is 25.7 Å². The molecule has 5 nitrogen and oxygen atoms in total. The minimum atomic E-state index is 0.554. The number of nitrogens with one attached hydrogen (secondary N) is 1. The molecule has 3 rings (SSSR count). The van der Waals surface area contributed by atoms with Gasteiger partial charge in [0.05, 0.1) is 6.54 Å². The summed E-state index contributed by atoms with van der Waals surface area (Å²) in [7, 11) is 2.12. The van der Waals surface area contributed by atoms with Crippen LogP contribution in [0.5, 0.6) is 0 Å². The Morgan fingerprint density at radius 2 is 2.29 bits per heavy atom. The van der Waals surface area contributed by atoms with Gasteiger partial charge in [-0.1, -0.05) is 5.16 Å². The maximum Gasteiger partial charge on any atom is 0.229 e. The Labute approximate surface area is 102 Å². The maximum absolute atomic E-state index is 5.26. The van der Waals surface area contributed by atoms with Gasteiger partial charge in [-0.3, -0.25) is 4.90 Å². The third-order valence-corrected chi connectivity index (χ3v) is 3.52. The third kappa shape index (κ3) is 2.84. The number of rotatable bonds is 5. The summed E-state index contributed by atoms with van der Waals surface area (Å²) in [6.45, 7) is 3.01. The van der Waals surface area contributed by atoms with E-state index in [-0.39, 0.29) is 0 Å². The number of aromatic nitrogens is 2. The fraction of sp³-hybridized carbons (Fsp3) is 0.833. The molecule has 2 heterocycles. The second-order valence-corrected chi connectivity index (χ2v) is 5.31. The number of hydrogen-bond acceptors (Lipinski definition) is 5. The molecule has 1 atom stereocenters. The summed E-state index contributed by atoms with van der Waals surface area (Å²) in [5, 5.41) is 7.54.